The molecule has 0 saturated carbocycles. The molecule has 0 radical (unpaired) electrons. The molecule has 0 aliphatic carbocycles. The van der Waals surface area contributed by atoms with Crippen LogP contribution in [0.15, 0.2) is 6.20 Å². The summed E-state index contributed by atoms with van der Waals surface area (Å²) < 4.78 is 1.09. The Morgan fingerprint density at radius 3 is 2.93 bits per heavy atom. The van der Waals surface area contributed by atoms with E-state index in [9.17, 15) is 9.59 Å². The van der Waals surface area contributed by atoms with Crippen LogP contribution < -0.4 is 5.32 Å². The van der Waals surface area contributed by atoms with E-state index in [0.717, 1.165) is 4.68 Å². The van der Waals surface area contributed by atoms with E-state index in [-0.39, 0.29) is 18.2 Å². The lowest BCUT2D eigenvalue weighted by molar-refractivity contribution is -0.137. The first-order chi connectivity index (χ1) is 6.61. The standard InChI is InChI=1S/C6H7ClN4O3/c7-1-5(12)8-4-2-11(10-9-4)3-6(13)14/h2H,1,3H2,(H,8,12)(H,13,14). The zero-order chi connectivity index (χ0) is 10.6. The second-order valence-corrected chi connectivity index (χ2v) is 2.64. The van der Waals surface area contributed by atoms with Crippen LogP contribution >= 0.6 is 11.6 Å². The number of aliphatic carboxylic acids is 1. The number of alkyl halides is 1. The lowest BCUT2D eigenvalue weighted by atomic mass is 10.6. The summed E-state index contributed by atoms with van der Waals surface area (Å²) in [6.07, 6.45) is 1.30. The number of carbonyl (C=O) groups is 2. The number of hydrogen-bond acceptors (Lipinski definition) is 4. The molecule has 0 saturated heterocycles. The molecule has 8 heteroatoms. The van der Waals surface area contributed by atoms with E-state index < -0.39 is 11.9 Å². The second kappa shape index (κ2) is 4.56. The van der Waals surface area contributed by atoms with Gasteiger partial charge < -0.3 is 10.4 Å². The molecule has 1 aromatic heterocycles. The monoisotopic (exact) mass is 218 g/mol. The van der Waals surface area contributed by atoms with Gasteiger partial charge in [0.15, 0.2) is 5.82 Å². The van der Waals surface area contributed by atoms with Gasteiger partial charge in [-0.15, -0.1) is 16.7 Å². The molecule has 0 fully saturated rings. The van der Waals surface area contributed by atoms with Crippen molar-refractivity contribution in [2.75, 3.05) is 11.2 Å². The van der Waals surface area contributed by atoms with Gasteiger partial charge in [-0.1, -0.05) is 5.21 Å². The Morgan fingerprint density at radius 1 is 1.64 bits per heavy atom. The summed E-state index contributed by atoms with van der Waals surface area (Å²) in [6, 6.07) is 0. The van der Waals surface area contributed by atoms with Crippen molar-refractivity contribution in [2.24, 2.45) is 0 Å². The van der Waals surface area contributed by atoms with Gasteiger partial charge in [-0.05, 0) is 0 Å². The van der Waals surface area contributed by atoms with Gasteiger partial charge in [0.1, 0.15) is 12.4 Å². The predicted molar refractivity (Wildman–Crippen MR) is 47.0 cm³/mol. The lowest BCUT2D eigenvalue weighted by Crippen LogP contribution is -2.12. The van der Waals surface area contributed by atoms with Crippen LogP contribution in [0.3, 0.4) is 0 Å². The van der Waals surface area contributed by atoms with E-state index in [2.05, 4.69) is 15.6 Å². The van der Waals surface area contributed by atoms with Gasteiger partial charge in [-0.25, -0.2) is 4.68 Å². The van der Waals surface area contributed by atoms with Crippen LogP contribution in [0.2, 0.25) is 0 Å². The van der Waals surface area contributed by atoms with E-state index in [4.69, 9.17) is 16.7 Å². The fraction of sp³-hybridized carbons (Fsp3) is 0.333. The fourth-order valence-electron chi connectivity index (χ4n) is 0.748. The van der Waals surface area contributed by atoms with Gasteiger partial charge in [0.2, 0.25) is 5.91 Å². The second-order valence-electron chi connectivity index (χ2n) is 2.38. The Balaban J connectivity index is 2.59. The number of carboxylic acids is 1. The van der Waals surface area contributed by atoms with Gasteiger partial charge in [0.25, 0.3) is 0 Å². The third-order valence-electron chi connectivity index (χ3n) is 1.22. The zero-order valence-corrected chi connectivity index (χ0v) is 7.73. The van der Waals surface area contributed by atoms with Crippen LogP contribution in [0, 0.1) is 0 Å². The molecule has 1 amide bonds. The minimum atomic E-state index is -1.04. The summed E-state index contributed by atoms with van der Waals surface area (Å²) in [5, 5.41) is 17.7. The number of halogens is 1. The minimum absolute atomic E-state index is 0.178. The van der Waals surface area contributed by atoms with Gasteiger partial charge in [-0.3, -0.25) is 9.59 Å². The van der Waals surface area contributed by atoms with Crippen LogP contribution in [-0.4, -0.2) is 37.9 Å². The number of amides is 1. The van der Waals surface area contributed by atoms with Gasteiger partial charge in [0.05, 0.1) is 6.20 Å². The summed E-state index contributed by atoms with van der Waals surface area (Å²) in [6.45, 7) is -0.302. The quantitative estimate of drug-likeness (QED) is 0.667. The van der Waals surface area contributed by atoms with Crippen LogP contribution in [0.4, 0.5) is 5.82 Å². The number of anilines is 1. The molecule has 1 heterocycles. The van der Waals surface area contributed by atoms with Crippen molar-refractivity contribution in [3.63, 3.8) is 0 Å². The average molecular weight is 219 g/mol. The van der Waals surface area contributed by atoms with Crippen molar-refractivity contribution < 1.29 is 14.7 Å². The molecule has 14 heavy (non-hydrogen) atoms. The number of nitrogens with zero attached hydrogens (tertiary/aromatic N) is 3. The number of carbonyl (C=O) groups excluding carboxylic acids is 1. The molecule has 0 bridgehead atoms. The van der Waals surface area contributed by atoms with Crippen molar-refractivity contribution in [1.29, 1.82) is 0 Å². The molecular weight excluding hydrogens is 212 g/mol. The lowest BCUT2D eigenvalue weighted by Gasteiger charge is -1.94. The maximum Gasteiger partial charge on any atom is 0.325 e. The first-order valence-corrected chi connectivity index (χ1v) is 4.13. The predicted octanol–water partition coefficient (Wildman–Crippen LogP) is -0.460. The van der Waals surface area contributed by atoms with Crippen LogP contribution in [-0.2, 0) is 16.1 Å². The van der Waals surface area contributed by atoms with E-state index >= 15 is 0 Å². The maximum atomic E-state index is 10.8. The molecule has 0 aliphatic rings. The molecular formula is C6H7ClN4O3. The number of carboxylic acid groups (broad SMARTS) is 1. The highest BCUT2D eigenvalue weighted by molar-refractivity contribution is 6.28. The van der Waals surface area contributed by atoms with Crippen molar-refractivity contribution in [3.05, 3.63) is 6.20 Å². The Morgan fingerprint density at radius 2 is 2.36 bits per heavy atom. The summed E-state index contributed by atoms with van der Waals surface area (Å²) in [7, 11) is 0. The largest absolute Gasteiger partial charge is 0.480 e. The fourth-order valence-corrected chi connectivity index (χ4v) is 0.815. The van der Waals surface area contributed by atoms with Crippen LogP contribution in [0.5, 0.6) is 0 Å². The first-order valence-electron chi connectivity index (χ1n) is 3.59. The molecule has 0 unspecified atom stereocenters. The molecule has 0 aromatic carbocycles. The topological polar surface area (TPSA) is 97.1 Å². The number of nitrogens with one attached hydrogen (secondary N) is 1. The van der Waals surface area contributed by atoms with Gasteiger partial charge >= 0.3 is 5.97 Å². The van der Waals surface area contributed by atoms with Gasteiger partial charge in [-0.2, -0.15) is 0 Å². The van der Waals surface area contributed by atoms with E-state index in [1.54, 1.807) is 0 Å². The minimum Gasteiger partial charge on any atom is -0.480 e. The normalized spacial score (nSPS) is 9.79. The summed E-state index contributed by atoms with van der Waals surface area (Å²) >= 11 is 5.23. The highest BCUT2D eigenvalue weighted by atomic mass is 35.5. The number of rotatable bonds is 4. The number of hydrogen-bond donors (Lipinski definition) is 2. The summed E-state index contributed by atoms with van der Waals surface area (Å²) in [5.41, 5.74) is 0. The molecule has 1 aromatic rings. The Bertz CT molecular complexity index is 351. The van der Waals surface area contributed by atoms with Crippen LogP contribution in [0.25, 0.3) is 0 Å². The Hall–Kier alpha value is -1.63. The Labute approximate surface area is 83.7 Å². The van der Waals surface area contributed by atoms with E-state index in [0.29, 0.717) is 0 Å². The highest BCUT2D eigenvalue weighted by Gasteiger charge is 2.06. The molecule has 0 atom stereocenters. The maximum absolute atomic E-state index is 10.8. The first kappa shape index (κ1) is 10.5. The molecule has 0 spiro atoms. The van der Waals surface area contributed by atoms with E-state index in [1.807, 2.05) is 0 Å². The van der Waals surface area contributed by atoms with Crippen LogP contribution in [0.1, 0.15) is 0 Å². The summed E-state index contributed by atoms with van der Waals surface area (Å²) in [5.74, 6) is -1.47. The molecule has 1 rings (SSSR count). The average Bonchev–Trinajstić information content (AvgIpc) is 2.51. The third-order valence-corrected chi connectivity index (χ3v) is 1.47. The van der Waals surface area contributed by atoms with Gasteiger partial charge in [0, 0.05) is 0 Å². The molecule has 7 nitrogen and oxygen atoms in total. The Kier molecular flexibility index (Phi) is 3.41. The highest BCUT2D eigenvalue weighted by Crippen LogP contribution is 1.99. The summed E-state index contributed by atoms with van der Waals surface area (Å²) in [4.78, 5) is 21.0. The molecule has 76 valence electrons. The third kappa shape index (κ3) is 3.02. The number of aromatic nitrogens is 3. The SMILES string of the molecule is O=C(O)Cn1cc(NC(=O)CCl)nn1. The molecule has 0 aliphatic heterocycles. The zero-order valence-electron chi connectivity index (χ0n) is 6.97. The van der Waals surface area contributed by atoms with Crippen molar-refractivity contribution in [1.82, 2.24) is 15.0 Å². The van der Waals surface area contributed by atoms with Crippen molar-refractivity contribution in [2.45, 2.75) is 6.54 Å². The van der Waals surface area contributed by atoms with Crippen molar-refractivity contribution in [3.8, 4) is 0 Å². The van der Waals surface area contributed by atoms with Crippen molar-refractivity contribution >= 4 is 29.3 Å². The molecule has 2 N–H and O–H groups in total. The van der Waals surface area contributed by atoms with E-state index in [1.165, 1.54) is 6.20 Å². The smallest absolute Gasteiger partial charge is 0.325 e.